The fourth-order valence-electron chi connectivity index (χ4n) is 1.86. The summed E-state index contributed by atoms with van der Waals surface area (Å²) in [5.41, 5.74) is 1.29. The van der Waals surface area contributed by atoms with Gasteiger partial charge in [0.25, 0.3) is 0 Å². The highest BCUT2D eigenvalue weighted by molar-refractivity contribution is 4.99. The number of aryl methyl sites for hydroxylation is 1. The molecule has 1 aromatic rings. The molecule has 0 saturated carbocycles. The summed E-state index contributed by atoms with van der Waals surface area (Å²) in [4.78, 5) is 0. The Kier molecular flexibility index (Phi) is 6.41. The Balaban J connectivity index is 2.22. The molecular weight excluding hydrogens is 222 g/mol. The molecule has 0 unspecified atom stereocenters. The molecule has 1 heterocycles. The molecule has 3 heteroatoms. The molecule has 1 N–H and O–H groups in total. The van der Waals surface area contributed by atoms with E-state index in [9.17, 15) is 0 Å². The van der Waals surface area contributed by atoms with Crippen LogP contribution in [0.2, 0.25) is 0 Å². The van der Waals surface area contributed by atoms with Gasteiger partial charge >= 0.3 is 0 Å². The van der Waals surface area contributed by atoms with Crippen LogP contribution in [0.3, 0.4) is 0 Å². The second kappa shape index (κ2) is 7.57. The van der Waals surface area contributed by atoms with Crippen LogP contribution >= 0.6 is 0 Å². The van der Waals surface area contributed by atoms with E-state index < -0.39 is 0 Å². The molecule has 1 aromatic heterocycles. The van der Waals surface area contributed by atoms with Crippen LogP contribution in [0.15, 0.2) is 12.3 Å². The van der Waals surface area contributed by atoms with E-state index in [1.165, 1.54) is 32.1 Å². The van der Waals surface area contributed by atoms with Crippen LogP contribution in [0.25, 0.3) is 0 Å². The summed E-state index contributed by atoms with van der Waals surface area (Å²) in [6.45, 7) is 10.7. The minimum absolute atomic E-state index is 0.157. The van der Waals surface area contributed by atoms with Gasteiger partial charge in [-0.2, -0.15) is 5.10 Å². The third-order valence-electron chi connectivity index (χ3n) is 2.99. The van der Waals surface area contributed by atoms with Gasteiger partial charge in [0.2, 0.25) is 0 Å². The molecule has 0 fully saturated rings. The first kappa shape index (κ1) is 15.2. The number of rotatable bonds is 8. The van der Waals surface area contributed by atoms with Gasteiger partial charge in [0.1, 0.15) is 0 Å². The number of hydrogen-bond acceptors (Lipinski definition) is 2. The summed E-state index contributed by atoms with van der Waals surface area (Å²) in [6.07, 6.45) is 8.69. The molecule has 0 aromatic carbocycles. The minimum Gasteiger partial charge on any atom is -0.306 e. The Bertz CT molecular complexity index is 323. The SMILES string of the molecule is CCCCCCCn1ccc(CNC(C)(C)C)n1. The molecular formula is C15H29N3. The van der Waals surface area contributed by atoms with Crippen molar-refractivity contribution < 1.29 is 0 Å². The van der Waals surface area contributed by atoms with E-state index >= 15 is 0 Å². The fraction of sp³-hybridized carbons (Fsp3) is 0.800. The Morgan fingerprint density at radius 2 is 1.89 bits per heavy atom. The van der Waals surface area contributed by atoms with Crippen LogP contribution in [0.5, 0.6) is 0 Å². The maximum absolute atomic E-state index is 4.59. The van der Waals surface area contributed by atoms with Crippen molar-refractivity contribution in [3.8, 4) is 0 Å². The highest BCUT2D eigenvalue weighted by Crippen LogP contribution is 2.06. The molecule has 0 aliphatic rings. The van der Waals surface area contributed by atoms with E-state index in [1.807, 2.05) is 0 Å². The van der Waals surface area contributed by atoms with Crippen molar-refractivity contribution in [1.82, 2.24) is 15.1 Å². The lowest BCUT2D eigenvalue weighted by molar-refractivity contribution is 0.418. The lowest BCUT2D eigenvalue weighted by atomic mass is 10.1. The lowest BCUT2D eigenvalue weighted by Crippen LogP contribution is -2.35. The van der Waals surface area contributed by atoms with Gasteiger partial charge in [-0.3, -0.25) is 4.68 Å². The Morgan fingerprint density at radius 3 is 2.56 bits per heavy atom. The van der Waals surface area contributed by atoms with Crippen molar-refractivity contribution in [2.75, 3.05) is 0 Å². The first-order valence-corrected chi connectivity index (χ1v) is 7.28. The largest absolute Gasteiger partial charge is 0.306 e. The molecule has 0 amide bonds. The third-order valence-corrected chi connectivity index (χ3v) is 2.99. The third kappa shape index (κ3) is 6.80. The van der Waals surface area contributed by atoms with E-state index in [2.05, 4.69) is 55.1 Å². The number of unbranched alkanes of at least 4 members (excludes halogenated alkanes) is 4. The van der Waals surface area contributed by atoms with E-state index in [1.54, 1.807) is 0 Å². The van der Waals surface area contributed by atoms with Gasteiger partial charge < -0.3 is 5.32 Å². The predicted octanol–water partition coefficient (Wildman–Crippen LogP) is 3.74. The van der Waals surface area contributed by atoms with Gasteiger partial charge in [-0.15, -0.1) is 0 Å². The minimum atomic E-state index is 0.157. The predicted molar refractivity (Wildman–Crippen MR) is 77.6 cm³/mol. The maximum atomic E-state index is 4.59. The molecule has 0 aliphatic carbocycles. The van der Waals surface area contributed by atoms with Crippen LogP contribution in [-0.2, 0) is 13.1 Å². The number of nitrogens with one attached hydrogen (secondary N) is 1. The zero-order chi connectivity index (χ0) is 13.4. The second-order valence-corrected chi connectivity index (χ2v) is 6.09. The quantitative estimate of drug-likeness (QED) is 0.713. The van der Waals surface area contributed by atoms with Gasteiger partial charge in [0.05, 0.1) is 5.69 Å². The van der Waals surface area contributed by atoms with E-state index in [0.717, 1.165) is 18.8 Å². The van der Waals surface area contributed by atoms with E-state index in [0.29, 0.717) is 0 Å². The van der Waals surface area contributed by atoms with Gasteiger partial charge in [0, 0.05) is 24.8 Å². The van der Waals surface area contributed by atoms with Crippen LogP contribution in [-0.4, -0.2) is 15.3 Å². The van der Waals surface area contributed by atoms with Crippen LogP contribution in [0, 0.1) is 0 Å². The summed E-state index contributed by atoms with van der Waals surface area (Å²) in [6, 6.07) is 2.12. The summed E-state index contributed by atoms with van der Waals surface area (Å²) in [5.74, 6) is 0. The highest BCUT2D eigenvalue weighted by atomic mass is 15.3. The van der Waals surface area contributed by atoms with E-state index in [4.69, 9.17) is 0 Å². The van der Waals surface area contributed by atoms with Crippen LogP contribution in [0.4, 0.5) is 0 Å². The smallest absolute Gasteiger partial charge is 0.0762 e. The van der Waals surface area contributed by atoms with Gasteiger partial charge in [-0.05, 0) is 33.3 Å². The van der Waals surface area contributed by atoms with E-state index in [-0.39, 0.29) is 5.54 Å². The highest BCUT2D eigenvalue weighted by Gasteiger charge is 2.09. The van der Waals surface area contributed by atoms with Gasteiger partial charge in [-0.25, -0.2) is 0 Å². The second-order valence-electron chi connectivity index (χ2n) is 6.09. The average molecular weight is 251 g/mol. The fourth-order valence-corrected chi connectivity index (χ4v) is 1.86. The number of aromatic nitrogens is 2. The Hall–Kier alpha value is -0.830. The normalized spacial score (nSPS) is 12.0. The Labute approximate surface area is 112 Å². The van der Waals surface area contributed by atoms with Crippen molar-refractivity contribution in [2.24, 2.45) is 0 Å². The van der Waals surface area contributed by atoms with Gasteiger partial charge in [0.15, 0.2) is 0 Å². The van der Waals surface area contributed by atoms with Crippen molar-refractivity contribution in [1.29, 1.82) is 0 Å². The van der Waals surface area contributed by atoms with Crippen molar-refractivity contribution >= 4 is 0 Å². The maximum Gasteiger partial charge on any atom is 0.0762 e. The van der Waals surface area contributed by atoms with Crippen LogP contribution in [0.1, 0.15) is 65.5 Å². The van der Waals surface area contributed by atoms with Crippen molar-refractivity contribution in [3.63, 3.8) is 0 Å². The standard InChI is InChI=1S/C15H29N3/c1-5-6-7-8-9-11-18-12-10-14(17-18)13-16-15(2,3)4/h10,12,16H,5-9,11,13H2,1-4H3. The molecule has 3 nitrogen and oxygen atoms in total. The number of nitrogens with zero attached hydrogens (tertiary/aromatic N) is 2. The topological polar surface area (TPSA) is 29.9 Å². The Morgan fingerprint density at radius 1 is 1.17 bits per heavy atom. The summed E-state index contributed by atoms with van der Waals surface area (Å²) in [7, 11) is 0. The molecule has 0 aliphatic heterocycles. The van der Waals surface area contributed by atoms with Crippen LogP contribution < -0.4 is 5.32 Å². The zero-order valence-corrected chi connectivity index (χ0v) is 12.5. The molecule has 1 rings (SSSR count). The molecule has 0 saturated heterocycles. The monoisotopic (exact) mass is 251 g/mol. The lowest BCUT2D eigenvalue weighted by Gasteiger charge is -2.19. The number of hydrogen-bond donors (Lipinski definition) is 1. The first-order valence-electron chi connectivity index (χ1n) is 7.28. The molecule has 0 bridgehead atoms. The van der Waals surface area contributed by atoms with Crippen molar-refractivity contribution in [2.45, 2.75) is 78.4 Å². The molecule has 0 spiro atoms. The average Bonchev–Trinajstić information content (AvgIpc) is 2.73. The molecule has 104 valence electrons. The zero-order valence-electron chi connectivity index (χ0n) is 12.5. The summed E-state index contributed by atoms with van der Waals surface area (Å²) >= 11 is 0. The van der Waals surface area contributed by atoms with Crippen molar-refractivity contribution in [3.05, 3.63) is 18.0 Å². The molecule has 0 atom stereocenters. The summed E-state index contributed by atoms with van der Waals surface area (Å²) in [5, 5.41) is 8.04. The summed E-state index contributed by atoms with van der Waals surface area (Å²) < 4.78 is 2.08. The first-order chi connectivity index (χ1) is 8.51. The molecule has 0 radical (unpaired) electrons. The molecule has 18 heavy (non-hydrogen) atoms. The van der Waals surface area contributed by atoms with Gasteiger partial charge in [-0.1, -0.05) is 32.6 Å².